The second-order valence-electron chi connectivity index (χ2n) is 7.43. The Morgan fingerprint density at radius 1 is 1.38 bits per heavy atom. The zero-order valence-electron chi connectivity index (χ0n) is 14.4. The Labute approximate surface area is 157 Å². The highest BCUT2D eigenvalue weighted by Crippen LogP contribution is 2.55. The smallest absolute Gasteiger partial charge is 0.319 e. The molecule has 26 heavy (non-hydrogen) atoms. The van der Waals surface area contributed by atoms with Gasteiger partial charge in [-0.3, -0.25) is 4.79 Å². The summed E-state index contributed by atoms with van der Waals surface area (Å²) in [5.41, 5.74) is 1.27. The van der Waals surface area contributed by atoms with E-state index >= 15 is 0 Å². The van der Waals surface area contributed by atoms with Gasteiger partial charge in [-0.1, -0.05) is 18.0 Å². The molecule has 1 saturated heterocycles. The Balaban J connectivity index is 1.37. The molecule has 2 aliphatic carbocycles. The van der Waals surface area contributed by atoms with Gasteiger partial charge in [-0.05, 0) is 37.5 Å². The first-order valence-corrected chi connectivity index (χ1v) is 9.42. The Kier molecular flexibility index (Phi) is 4.44. The van der Waals surface area contributed by atoms with E-state index in [1.165, 1.54) is 0 Å². The van der Waals surface area contributed by atoms with Crippen molar-refractivity contribution in [3.8, 4) is 0 Å². The number of piperazine rings is 1. The molecule has 140 valence electrons. The van der Waals surface area contributed by atoms with Gasteiger partial charge in [0.2, 0.25) is 5.91 Å². The summed E-state index contributed by atoms with van der Waals surface area (Å²) in [5, 5.41) is 19.0. The topological polar surface area (TPSA) is 93.7 Å². The summed E-state index contributed by atoms with van der Waals surface area (Å²) in [6, 6.07) is 5.04. The zero-order chi connectivity index (χ0) is 18.3. The fraction of sp³-hybridized carbons (Fsp3) is 0.556. The van der Waals surface area contributed by atoms with Gasteiger partial charge in [-0.2, -0.15) is 0 Å². The predicted octanol–water partition coefficient (Wildman–Crippen LogP) is 1.70. The van der Waals surface area contributed by atoms with Crippen LogP contribution in [0.3, 0.4) is 0 Å². The lowest BCUT2D eigenvalue weighted by Gasteiger charge is -2.59. The Bertz CT molecular complexity index is 737. The second kappa shape index (κ2) is 6.63. The monoisotopic (exact) mass is 378 g/mol. The number of anilines is 2. The molecule has 2 saturated carbocycles. The third-order valence-electron chi connectivity index (χ3n) is 5.99. The summed E-state index contributed by atoms with van der Waals surface area (Å²) in [6.07, 6.45) is 3.38. The number of carbonyl (C=O) groups excluding carboxylic acids is 2. The highest BCUT2D eigenvalue weighted by Gasteiger charge is 2.58. The van der Waals surface area contributed by atoms with Crippen molar-refractivity contribution in [2.45, 2.75) is 37.8 Å². The minimum Gasteiger partial charge on any atom is -0.392 e. The van der Waals surface area contributed by atoms with Crippen LogP contribution in [0, 0.1) is 5.41 Å². The lowest BCUT2D eigenvalue weighted by molar-refractivity contribution is -0.140. The Morgan fingerprint density at radius 3 is 2.81 bits per heavy atom. The molecule has 2 unspecified atom stereocenters. The van der Waals surface area contributed by atoms with Gasteiger partial charge in [0, 0.05) is 30.2 Å². The summed E-state index contributed by atoms with van der Waals surface area (Å²) < 4.78 is 0. The van der Waals surface area contributed by atoms with Crippen LogP contribution in [0.25, 0.3) is 0 Å². The number of aliphatic hydroxyl groups is 1. The highest BCUT2D eigenvalue weighted by atomic mass is 35.5. The highest BCUT2D eigenvalue weighted by molar-refractivity contribution is 6.33. The zero-order valence-corrected chi connectivity index (χ0v) is 15.2. The molecule has 3 fully saturated rings. The van der Waals surface area contributed by atoms with Crippen molar-refractivity contribution in [3.63, 3.8) is 0 Å². The largest absolute Gasteiger partial charge is 0.392 e. The average molecular weight is 379 g/mol. The van der Waals surface area contributed by atoms with Gasteiger partial charge in [-0.15, -0.1) is 0 Å². The van der Waals surface area contributed by atoms with Crippen molar-refractivity contribution in [1.82, 2.24) is 10.6 Å². The van der Waals surface area contributed by atoms with Gasteiger partial charge in [0.1, 0.15) is 0 Å². The van der Waals surface area contributed by atoms with Gasteiger partial charge in [0.15, 0.2) is 0 Å². The number of hydrogen-bond acceptors (Lipinski definition) is 4. The normalized spacial score (nSPS) is 26.5. The van der Waals surface area contributed by atoms with Crippen LogP contribution in [0.2, 0.25) is 5.02 Å². The summed E-state index contributed by atoms with van der Waals surface area (Å²) in [6.45, 7) is 1.57. The van der Waals surface area contributed by atoms with E-state index in [0.717, 1.165) is 24.9 Å². The van der Waals surface area contributed by atoms with Gasteiger partial charge >= 0.3 is 6.03 Å². The molecule has 3 aliphatic rings. The second-order valence-corrected chi connectivity index (χ2v) is 7.83. The number of amides is 3. The lowest BCUT2D eigenvalue weighted by atomic mass is 9.51. The number of urea groups is 1. The molecular weight excluding hydrogens is 356 g/mol. The van der Waals surface area contributed by atoms with Crippen LogP contribution in [0.15, 0.2) is 18.2 Å². The van der Waals surface area contributed by atoms with Crippen LogP contribution in [-0.2, 0) is 4.79 Å². The molecule has 1 aliphatic heterocycles. The summed E-state index contributed by atoms with van der Waals surface area (Å²) in [7, 11) is 0. The van der Waals surface area contributed by atoms with E-state index in [0.29, 0.717) is 30.2 Å². The number of rotatable bonds is 3. The molecule has 2 atom stereocenters. The van der Waals surface area contributed by atoms with Crippen LogP contribution >= 0.6 is 11.6 Å². The summed E-state index contributed by atoms with van der Waals surface area (Å²) in [4.78, 5) is 25.7. The molecule has 1 spiro atoms. The van der Waals surface area contributed by atoms with E-state index < -0.39 is 0 Å². The molecule has 4 N–H and O–H groups in total. The van der Waals surface area contributed by atoms with Crippen molar-refractivity contribution < 1.29 is 14.7 Å². The molecule has 7 nitrogen and oxygen atoms in total. The first-order valence-electron chi connectivity index (χ1n) is 9.05. The maximum absolute atomic E-state index is 12.3. The van der Waals surface area contributed by atoms with Gasteiger partial charge in [0.25, 0.3) is 0 Å². The number of hydrogen-bond donors (Lipinski definition) is 4. The van der Waals surface area contributed by atoms with E-state index in [1.807, 2.05) is 11.0 Å². The van der Waals surface area contributed by atoms with Crippen LogP contribution in [-0.4, -0.2) is 48.8 Å². The van der Waals surface area contributed by atoms with E-state index in [1.54, 1.807) is 12.1 Å². The standard InChI is InChI=1S/C18H23ClN4O3/c19-12-8-11(2-3-13(12)23-7-6-20-16(25)10-23)21-17(26)22-14-9-15(24)18(14)4-1-5-18/h2-3,8,14-15,24H,1,4-7,9-10H2,(H,20,25)(H2,21,22,26). The molecule has 0 bridgehead atoms. The quantitative estimate of drug-likeness (QED) is 0.644. The maximum Gasteiger partial charge on any atom is 0.319 e. The molecule has 8 heteroatoms. The van der Waals surface area contributed by atoms with Crippen LogP contribution in [0.1, 0.15) is 25.7 Å². The van der Waals surface area contributed by atoms with Crippen molar-refractivity contribution in [2.75, 3.05) is 29.9 Å². The summed E-state index contributed by atoms with van der Waals surface area (Å²) in [5.74, 6) is -0.0264. The summed E-state index contributed by atoms with van der Waals surface area (Å²) >= 11 is 6.36. The first kappa shape index (κ1) is 17.4. The predicted molar refractivity (Wildman–Crippen MR) is 99.5 cm³/mol. The van der Waals surface area contributed by atoms with Gasteiger partial charge in [-0.25, -0.2) is 4.79 Å². The van der Waals surface area contributed by atoms with E-state index in [9.17, 15) is 14.7 Å². The molecule has 3 amide bonds. The molecule has 1 heterocycles. The van der Waals surface area contributed by atoms with Crippen LogP contribution in [0.4, 0.5) is 16.2 Å². The van der Waals surface area contributed by atoms with Crippen molar-refractivity contribution in [3.05, 3.63) is 23.2 Å². The number of nitrogens with one attached hydrogen (secondary N) is 3. The lowest BCUT2D eigenvalue weighted by Crippen LogP contribution is -2.67. The molecule has 1 aromatic rings. The van der Waals surface area contributed by atoms with Gasteiger partial charge < -0.3 is 26.0 Å². The molecule has 1 aromatic carbocycles. The fourth-order valence-corrected chi connectivity index (χ4v) is 4.54. The third kappa shape index (κ3) is 2.99. The van der Waals surface area contributed by atoms with E-state index in [2.05, 4.69) is 16.0 Å². The molecule has 4 rings (SSSR count). The van der Waals surface area contributed by atoms with E-state index in [4.69, 9.17) is 11.6 Å². The average Bonchev–Trinajstić information content (AvgIpc) is 2.52. The van der Waals surface area contributed by atoms with Crippen LogP contribution in [0.5, 0.6) is 0 Å². The minimum absolute atomic E-state index is 0.0264. The maximum atomic E-state index is 12.3. The fourth-order valence-electron chi connectivity index (χ4n) is 4.24. The molecular formula is C18H23ClN4O3. The van der Waals surface area contributed by atoms with E-state index in [-0.39, 0.29) is 36.0 Å². The molecule has 0 aromatic heterocycles. The van der Waals surface area contributed by atoms with Gasteiger partial charge in [0.05, 0.1) is 23.4 Å². The Morgan fingerprint density at radius 2 is 2.19 bits per heavy atom. The van der Waals surface area contributed by atoms with Crippen molar-refractivity contribution in [2.24, 2.45) is 5.41 Å². The van der Waals surface area contributed by atoms with Crippen molar-refractivity contribution in [1.29, 1.82) is 0 Å². The van der Waals surface area contributed by atoms with Crippen LogP contribution < -0.4 is 20.9 Å². The number of benzene rings is 1. The number of nitrogens with zero attached hydrogens (tertiary/aromatic N) is 1. The SMILES string of the molecule is O=C1CN(c2ccc(NC(=O)NC3CC(O)C34CCC4)cc2Cl)CCN1. The minimum atomic E-state index is -0.294. The van der Waals surface area contributed by atoms with Crippen molar-refractivity contribution >= 4 is 34.9 Å². The Hall–Kier alpha value is -1.99. The third-order valence-corrected chi connectivity index (χ3v) is 6.29. The first-order chi connectivity index (χ1) is 12.5. The number of aliphatic hydroxyl groups excluding tert-OH is 1. The number of halogens is 1. The number of carbonyl (C=O) groups is 2. The molecule has 0 radical (unpaired) electrons.